The van der Waals surface area contributed by atoms with Crippen molar-refractivity contribution in [3.63, 3.8) is 0 Å². The van der Waals surface area contributed by atoms with Gasteiger partial charge >= 0.3 is 0 Å². The van der Waals surface area contributed by atoms with E-state index in [1.807, 2.05) is 24.3 Å². The van der Waals surface area contributed by atoms with Crippen LogP contribution in [0.1, 0.15) is 95.9 Å². The van der Waals surface area contributed by atoms with Crippen molar-refractivity contribution < 1.29 is 28.4 Å². The van der Waals surface area contributed by atoms with Gasteiger partial charge in [-0.2, -0.15) is 0 Å². The lowest BCUT2D eigenvalue weighted by Crippen LogP contribution is -2.21. The summed E-state index contributed by atoms with van der Waals surface area (Å²) in [5, 5.41) is 7.86. The average molecular weight is 809 g/mol. The van der Waals surface area contributed by atoms with Gasteiger partial charge in [-0.15, -0.1) is 0 Å². The fraction of sp³-hybridized carbons (Fsp3) is 0.308. The summed E-state index contributed by atoms with van der Waals surface area (Å²) in [6.07, 6.45) is 0. The molecule has 2 N–H and O–H groups in total. The van der Waals surface area contributed by atoms with Crippen LogP contribution in [0.3, 0.4) is 0 Å². The molecule has 0 unspecified atom stereocenters. The Kier molecular flexibility index (Phi) is 14.5. The van der Waals surface area contributed by atoms with Gasteiger partial charge in [0.15, 0.2) is 23.0 Å². The zero-order valence-electron chi connectivity index (χ0n) is 36.7. The number of rotatable bonds is 19. The van der Waals surface area contributed by atoms with Crippen LogP contribution >= 0.6 is 0 Å². The molecule has 6 aromatic carbocycles. The number of anilines is 2. The Balaban J connectivity index is 1.53. The maximum absolute atomic E-state index is 6.25. The molecule has 60 heavy (non-hydrogen) atoms. The quantitative estimate of drug-likeness (QED) is 0.0783. The molecule has 0 aliphatic heterocycles. The van der Waals surface area contributed by atoms with Crippen LogP contribution in [0.2, 0.25) is 0 Å². The van der Waals surface area contributed by atoms with Crippen molar-refractivity contribution in [3.05, 3.63) is 166 Å². The molecule has 0 fully saturated rings. The van der Waals surface area contributed by atoms with Gasteiger partial charge in [0, 0.05) is 70.4 Å². The lowest BCUT2D eigenvalue weighted by molar-refractivity contribution is 0.319. The minimum atomic E-state index is -0.0649. The van der Waals surface area contributed by atoms with E-state index >= 15 is 0 Å². The second kappa shape index (κ2) is 20.1. The van der Waals surface area contributed by atoms with E-state index in [1.54, 1.807) is 42.7 Å². The minimum Gasteiger partial charge on any atom is -0.492 e. The first-order valence-corrected chi connectivity index (χ1v) is 20.6. The third-order valence-electron chi connectivity index (χ3n) is 11.8. The van der Waals surface area contributed by atoms with Gasteiger partial charge in [0.1, 0.15) is 0 Å². The zero-order chi connectivity index (χ0) is 42.8. The molecular weight excluding hydrogens is 749 g/mol. The fourth-order valence-corrected chi connectivity index (χ4v) is 8.66. The van der Waals surface area contributed by atoms with Crippen molar-refractivity contribution in [2.24, 2.45) is 0 Å². The molecule has 0 amide bonds. The van der Waals surface area contributed by atoms with Gasteiger partial charge in [-0.05, 0) is 22.3 Å². The number of nitrogens with one attached hydrogen (secondary N) is 2. The van der Waals surface area contributed by atoms with E-state index in [0.717, 1.165) is 55.9 Å². The molecule has 0 saturated heterocycles. The highest BCUT2D eigenvalue weighted by molar-refractivity contribution is 5.79. The topological polar surface area (TPSA) is 79.4 Å². The van der Waals surface area contributed by atoms with E-state index in [2.05, 4.69) is 135 Å². The summed E-state index contributed by atoms with van der Waals surface area (Å²) < 4.78 is 37.3. The molecule has 0 bridgehead atoms. The molecule has 4 atom stereocenters. The van der Waals surface area contributed by atoms with E-state index in [-0.39, 0.29) is 23.7 Å². The number of benzene rings is 6. The highest BCUT2D eigenvalue weighted by Gasteiger charge is 2.34. The van der Waals surface area contributed by atoms with Gasteiger partial charge in [0.25, 0.3) is 0 Å². The van der Waals surface area contributed by atoms with Crippen LogP contribution in [0.4, 0.5) is 11.4 Å². The van der Waals surface area contributed by atoms with Gasteiger partial charge in [-0.3, -0.25) is 0 Å². The number of methoxy groups -OCH3 is 6. The van der Waals surface area contributed by atoms with Crippen LogP contribution in [0.15, 0.2) is 121 Å². The largest absolute Gasteiger partial charge is 0.492 e. The van der Waals surface area contributed by atoms with Gasteiger partial charge in [0.05, 0.1) is 42.7 Å². The first-order chi connectivity index (χ1) is 29.3. The molecule has 6 aromatic rings. The SMILES string of the molecule is COc1c(OC)c([C@H](C)c2ccccc2)c(NCCNc2c([C@H](C)c3ccccc3)c(OC)c(OC)c(OC)c2[C@H](C)c2ccccc2)c([C@H](C)c2ccccc2)c1OC. The predicted molar refractivity (Wildman–Crippen MR) is 245 cm³/mol. The van der Waals surface area contributed by atoms with Crippen molar-refractivity contribution in [2.75, 3.05) is 66.4 Å². The summed E-state index contributed by atoms with van der Waals surface area (Å²) in [4.78, 5) is 0. The summed E-state index contributed by atoms with van der Waals surface area (Å²) in [6.45, 7) is 9.93. The van der Waals surface area contributed by atoms with Crippen molar-refractivity contribution in [2.45, 2.75) is 51.4 Å². The molecule has 0 spiro atoms. The molecule has 0 saturated carbocycles. The zero-order valence-corrected chi connectivity index (χ0v) is 36.7. The van der Waals surface area contributed by atoms with Crippen molar-refractivity contribution in [1.29, 1.82) is 0 Å². The third-order valence-corrected chi connectivity index (χ3v) is 11.8. The summed E-state index contributed by atoms with van der Waals surface area (Å²) in [5.41, 5.74) is 10.5. The number of ether oxygens (including phenoxy) is 6. The molecule has 0 aliphatic carbocycles. The highest BCUT2D eigenvalue weighted by Crippen LogP contribution is 2.56. The summed E-state index contributed by atoms with van der Waals surface area (Å²) in [6, 6.07) is 42.0. The van der Waals surface area contributed by atoms with Crippen LogP contribution < -0.4 is 39.1 Å². The van der Waals surface area contributed by atoms with Crippen LogP contribution in [0, 0.1) is 0 Å². The Hall–Kier alpha value is -6.28. The lowest BCUT2D eigenvalue weighted by atomic mass is 9.83. The monoisotopic (exact) mass is 808 g/mol. The minimum absolute atomic E-state index is 0.0649. The third kappa shape index (κ3) is 8.55. The Morgan fingerprint density at radius 1 is 0.317 bits per heavy atom. The Morgan fingerprint density at radius 2 is 0.517 bits per heavy atom. The second-order valence-corrected chi connectivity index (χ2v) is 15.0. The van der Waals surface area contributed by atoms with Crippen LogP contribution in [0.25, 0.3) is 0 Å². The van der Waals surface area contributed by atoms with Crippen LogP contribution in [-0.2, 0) is 0 Å². The number of hydrogen-bond donors (Lipinski definition) is 2. The molecule has 0 radical (unpaired) electrons. The molecular formula is C52H60N2O6. The lowest BCUT2D eigenvalue weighted by Gasteiger charge is -2.31. The normalized spacial score (nSPS) is 13.0. The molecule has 0 aromatic heterocycles. The highest BCUT2D eigenvalue weighted by atomic mass is 16.5. The fourth-order valence-electron chi connectivity index (χ4n) is 8.66. The van der Waals surface area contributed by atoms with Gasteiger partial charge in [0.2, 0.25) is 11.5 Å². The van der Waals surface area contributed by atoms with E-state index < -0.39 is 0 Å². The maximum atomic E-state index is 6.25. The van der Waals surface area contributed by atoms with E-state index in [4.69, 9.17) is 28.4 Å². The maximum Gasteiger partial charge on any atom is 0.204 e. The van der Waals surface area contributed by atoms with Gasteiger partial charge in [-0.25, -0.2) is 0 Å². The molecule has 314 valence electrons. The first kappa shape index (κ1) is 43.3. The van der Waals surface area contributed by atoms with E-state index in [9.17, 15) is 0 Å². The molecule has 0 heterocycles. The average Bonchev–Trinajstić information content (AvgIpc) is 3.31. The second-order valence-electron chi connectivity index (χ2n) is 15.0. The summed E-state index contributed by atoms with van der Waals surface area (Å²) in [5.74, 6) is 3.40. The Morgan fingerprint density at radius 3 is 0.700 bits per heavy atom. The molecule has 8 nitrogen and oxygen atoms in total. The van der Waals surface area contributed by atoms with E-state index in [0.29, 0.717) is 47.6 Å². The van der Waals surface area contributed by atoms with Crippen molar-refractivity contribution >= 4 is 11.4 Å². The van der Waals surface area contributed by atoms with E-state index in [1.165, 1.54) is 0 Å². The molecule has 8 heteroatoms. The summed E-state index contributed by atoms with van der Waals surface area (Å²) in [7, 11) is 10.1. The first-order valence-electron chi connectivity index (χ1n) is 20.6. The van der Waals surface area contributed by atoms with Crippen LogP contribution in [0.5, 0.6) is 34.5 Å². The van der Waals surface area contributed by atoms with Crippen molar-refractivity contribution in [3.8, 4) is 34.5 Å². The standard InChI is InChI=1S/C52H60N2O6/c1-33(37-23-15-11-16-24-37)41-45(42(34(2)38-25-17-12-18-26-38)48(56-6)51(59-9)47(41)55-5)53-31-32-54-46-43(35(3)39-27-19-13-20-28-39)49(57-7)52(60-10)50(58-8)44(46)36(4)40-29-21-14-22-30-40/h11-30,33-36,53-54H,31-32H2,1-10H3/t33-,34-,35-,36-/m1/s1. The van der Waals surface area contributed by atoms with Gasteiger partial charge < -0.3 is 39.1 Å². The Bertz CT molecular complexity index is 1990. The molecule has 6 rings (SSSR count). The Labute approximate surface area is 356 Å². The van der Waals surface area contributed by atoms with Crippen molar-refractivity contribution in [1.82, 2.24) is 0 Å². The predicted octanol–water partition coefficient (Wildman–Crippen LogP) is 11.9. The smallest absolute Gasteiger partial charge is 0.204 e. The summed E-state index contributed by atoms with van der Waals surface area (Å²) >= 11 is 0. The van der Waals surface area contributed by atoms with Gasteiger partial charge in [-0.1, -0.05) is 149 Å². The van der Waals surface area contributed by atoms with Crippen LogP contribution in [-0.4, -0.2) is 55.7 Å². The molecule has 0 aliphatic rings. The number of hydrogen-bond acceptors (Lipinski definition) is 8.